The maximum absolute atomic E-state index is 9.16. The molecule has 1 aromatic carbocycles. The topological polar surface area (TPSA) is 50.9 Å². The molecule has 4 nitrogen and oxygen atoms in total. The molecule has 1 N–H and O–H groups in total. The van der Waals surface area contributed by atoms with E-state index < -0.39 is 0 Å². The molecule has 74 valence electrons. The number of benzene rings is 1. The molecule has 0 radical (unpaired) electrons. The van der Waals surface area contributed by atoms with Gasteiger partial charge in [-0.3, -0.25) is 0 Å². The molecule has 2 rings (SSSR count). The molecule has 0 spiro atoms. The van der Waals surface area contributed by atoms with Gasteiger partial charge in [0.15, 0.2) is 0 Å². The molecule has 0 amide bonds. The molecule has 0 aliphatic rings. The zero-order valence-corrected chi connectivity index (χ0v) is 8.09. The summed E-state index contributed by atoms with van der Waals surface area (Å²) in [6.45, 7) is 2.48. The Balaban J connectivity index is 2.25. The fourth-order valence-electron chi connectivity index (χ4n) is 1.39. The van der Waals surface area contributed by atoms with Crippen LogP contribution < -0.4 is 0 Å². The smallest absolute Gasteiger partial charge is 0.113 e. The molecule has 0 aliphatic heterocycles. The average molecular weight is 191 g/mol. The number of nitrogens with zero attached hydrogens (tertiary/aromatic N) is 3. The van der Waals surface area contributed by atoms with Gasteiger partial charge in [-0.15, -0.1) is 5.10 Å². The van der Waals surface area contributed by atoms with Crippen LogP contribution in [0.5, 0.6) is 0 Å². The van der Waals surface area contributed by atoms with E-state index in [1.807, 2.05) is 28.9 Å². The van der Waals surface area contributed by atoms with E-state index in [1.165, 1.54) is 0 Å². The van der Waals surface area contributed by atoms with Crippen molar-refractivity contribution in [1.82, 2.24) is 15.0 Å². The highest BCUT2D eigenvalue weighted by Gasteiger charge is 2.03. The lowest BCUT2D eigenvalue weighted by Gasteiger charge is -2.03. The Morgan fingerprint density at radius 2 is 2.21 bits per heavy atom. The molecule has 4 heteroatoms. The van der Waals surface area contributed by atoms with Gasteiger partial charge in [0, 0.05) is 6.54 Å². The van der Waals surface area contributed by atoms with Gasteiger partial charge in [-0.1, -0.05) is 17.3 Å². The first-order chi connectivity index (χ1) is 6.77. The third kappa shape index (κ3) is 1.75. The Labute approximate surface area is 82.2 Å². The van der Waals surface area contributed by atoms with Crippen molar-refractivity contribution in [1.29, 1.82) is 0 Å². The molecule has 0 saturated heterocycles. The van der Waals surface area contributed by atoms with E-state index in [4.69, 9.17) is 5.11 Å². The molecule has 0 unspecified atom stereocenters. The van der Waals surface area contributed by atoms with Crippen molar-refractivity contribution in [2.24, 2.45) is 0 Å². The Kier molecular flexibility index (Phi) is 2.45. The van der Waals surface area contributed by atoms with Crippen LogP contribution in [0.2, 0.25) is 0 Å². The van der Waals surface area contributed by atoms with Gasteiger partial charge in [-0.05, 0) is 25.5 Å². The number of aryl methyl sites for hydroxylation is 1. The molecule has 1 aromatic heterocycles. The van der Waals surface area contributed by atoms with Crippen LogP contribution in [-0.4, -0.2) is 26.2 Å². The lowest BCUT2D eigenvalue weighted by Crippen LogP contribution is -2.08. The minimum absolute atomic E-state index is 0.294. The lowest BCUT2D eigenvalue weighted by atomic mass is 10.3. The fourth-order valence-corrected chi connectivity index (χ4v) is 1.39. The van der Waals surface area contributed by atoms with Crippen LogP contribution in [0.4, 0.5) is 0 Å². The van der Waals surface area contributed by atoms with Gasteiger partial charge in [0.1, 0.15) is 5.52 Å². The lowest BCUT2D eigenvalue weighted by molar-refractivity contribution is 0.176. The summed E-state index contributed by atoms with van der Waals surface area (Å²) in [6, 6.07) is 7.82. The summed E-state index contributed by atoms with van der Waals surface area (Å²) in [6.07, 6.45) is 0.408. The maximum Gasteiger partial charge on any atom is 0.113 e. The van der Waals surface area contributed by atoms with Gasteiger partial charge in [0.05, 0.1) is 11.6 Å². The van der Waals surface area contributed by atoms with Crippen LogP contribution >= 0.6 is 0 Å². The summed E-state index contributed by atoms with van der Waals surface area (Å²) in [4.78, 5) is 0. The summed E-state index contributed by atoms with van der Waals surface area (Å²) in [7, 11) is 0. The summed E-state index contributed by atoms with van der Waals surface area (Å²) in [5.41, 5.74) is 1.92. The first-order valence-corrected chi connectivity index (χ1v) is 4.73. The molecule has 0 aliphatic carbocycles. The molecule has 0 bridgehead atoms. The molecule has 0 fully saturated rings. The van der Waals surface area contributed by atoms with Crippen molar-refractivity contribution in [2.45, 2.75) is 26.0 Å². The summed E-state index contributed by atoms with van der Waals surface area (Å²) >= 11 is 0. The standard InChI is InChI=1S/C10H13N3O/c1-8(14)6-7-13-10-5-3-2-4-9(10)11-12-13/h2-5,8,14H,6-7H2,1H3/t8-/m0/s1. The van der Waals surface area contributed by atoms with Crippen molar-refractivity contribution in [3.05, 3.63) is 24.3 Å². The van der Waals surface area contributed by atoms with Crippen molar-refractivity contribution in [2.75, 3.05) is 0 Å². The zero-order valence-electron chi connectivity index (χ0n) is 8.09. The van der Waals surface area contributed by atoms with Crippen LogP contribution in [0.15, 0.2) is 24.3 Å². The Morgan fingerprint density at radius 3 is 3.00 bits per heavy atom. The number of fused-ring (bicyclic) bond motifs is 1. The van der Waals surface area contributed by atoms with Gasteiger partial charge >= 0.3 is 0 Å². The SMILES string of the molecule is C[C@H](O)CCn1nnc2ccccc21. The van der Waals surface area contributed by atoms with Crippen LogP contribution in [-0.2, 0) is 6.54 Å². The van der Waals surface area contributed by atoms with E-state index in [-0.39, 0.29) is 6.10 Å². The largest absolute Gasteiger partial charge is 0.393 e. The van der Waals surface area contributed by atoms with Crippen molar-refractivity contribution in [3.63, 3.8) is 0 Å². The monoisotopic (exact) mass is 191 g/mol. The predicted molar refractivity (Wildman–Crippen MR) is 53.8 cm³/mol. The van der Waals surface area contributed by atoms with Gasteiger partial charge in [0.2, 0.25) is 0 Å². The number of aromatic nitrogens is 3. The van der Waals surface area contributed by atoms with Crippen LogP contribution in [0, 0.1) is 0 Å². The number of aliphatic hydroxyl groups is 1. The number of hydrogen-bond acceptors (Lipinski definition) is 3. The van der Waals surface area contributed by atoms with E-state index in [0.717, 1.165) is 11.0 Å². The highest BCUT2D eigenvalue weighted by molar-refractivity contribution is 5.73. The third-order valence-electron chi connectivity index (χ3n) is 2.18. The minimum atomic E-state index is -0.294. The number of para-hydroxylation sites is 1. The molecular weight excluding hydrogens is 178 g/mol. The van der Waals surface area contributed by atoms with Crippen LogP contribution in [0.25, 0.3) is 11.0 Å². The fraction of sp³-hybridized carbons (Fsp3) is 0.400. The van der Waals surface area contributed by atoms with Crippen LogP contribution in [0.3, 0.4) is 0 Å². The van der Waals surface area contributed by atoms with Crippen molar-refractivity contribution < 1.29 is 5.11 Å². The highest BCUT2D eigenvalue weighted by Crippen LogP contribution is 2.10. The summed E-state index contributed by atoms with van der Waals surface area (Å²) in [5, 5.41) is 17.2. The summed E-state index contributed by atoms with van der Waals surface area (Å²) in [5.74, 6) is 0. The van der Waals surface area contributed by atoms with Crippen LogP contribution in [0.1, 0.15) is 13.3 Å². The van der Waals surface area contributed by atoms with E-state index in [0.29, 0.717) is 13.0 Å². The highest BCUT2D eigenvalue weighted by atomic mass is 16.3. The number of hydrogen-bond donors (Lipinski definition) is 1. The maximum atomic E-state index is 9.16. The number of aliphatic hydroxyl groups excluding tert-OH is 1. The predicted octanol–water partition coefficient (Wildman–Crippen LogP) is 1.20. The Hall–Kier alpha value is -1.42. The molecule has 0 saturated carbocycles. The molecule has 2 aromatic rings. The zero-order chi connectivity index (χ0) is 9.97. The Bertz CT molecular complexity index is 422. The van der Waals surface area contributed by atoms with Gasteiger partial charge in [0.25, 0.3) is 0 Å². The van der Waals surface area contributed by atoms with Crippen molar-refractivity contribution >= 4 is 11.0 Å². The van der Waals surface area contributed by atoms with Crippen molar-refractivity contribution in [3.8, 4) is 0 Å². The molecule has 1 atom stereocenters. The van der Waals surface area contributed by atoms with Gasteiger partial charge < -0.3 is 5.11 Å². The van der Waals surface area contributed by atoms with E-state index in [9.17, 15) is 0 Å². The van der Waals surface area contributed by atoms with E-state index >= 15 is 0 Å². The second-order valence-corrected chi connectivity index (χ2v) is 3.44. The molecule has 1 heterocycles. The average Bonchev–Trinajstić information content (AvgIpc) is 2.58. The third-order valence-corrected chi connectivity index (χ3v) is 2.18. The Morgan fingerprint density at radius 1 is 1.43 bits per heavy atom. The molecular formula is C10H13N3O. The van der Waals surface area contributed by atoms with E-state index in [2.05, 4.69) is 10.3 Å². The second kappa shape index (κ2) is 3.75. The first-order valence-electron chi connectivity index (χ1n) is 4.73. The van der Waals surface area contributed by atoms with E-state index in [1.54, 1.807) is 6.92 Å². The normalized spacial score (nSPS) is 13.3. The molecule has 14 heavy (non-hydrogen) atoms. The first kappa shape index (κ1) is 9.15. The van der Waals surface area contributed by atoms with Gasteiger partial charge in [-0.25, -0.2) is 4.68 Å². The minimum Gasteiger partial charge on any atom is -0.393 e. The summed E-state index contributed by atoms with van der Waals surface area (Å²) < 4.78 is 1.82. The van der Waals surface area contributed by atoms with Gasteiger partial charge in [-0.2, -0.15) is 0 Å². The second-order valence-electron chi connectivity index (χ2n) is 3.44. The quantitative estimate of drug-likeness (QED) is 0.793. The number of rotatable bonds is 3.